The average molecular weight is 517 g/mol. The molecule has 0 unspecified atom stereocenters. The summed E-state index contributed by atoms with van der Waals surface area (Å²) in [7, 11) is -3.97. The van der Waals surface area contributed by atoms with E-state index in [-0.39, 0.29) is 11.6 Å². The topological polar surface area (TPSA) is 154 Å². The number of hydrogen-bond donors (Lipinski definition) is 3. The van der Waals surface area contributed by atoms with Crippen molar-refractivity contribution in [2.75, 3.05) is 6.54 Å². The lowest BCUT2D eigenvalue weighted by Gasteiger charge is -2.25. The Morgan fingerprint density at radius 3 is 2.64 bits per heavy atom. The van der Waals surface area contributed by atoms with Crippen LogP contribution in [0.5, 0.6) is 0 Å². The second-order valence-corrected chi connectivity index (χ2v) is 11.4. The fraction of sp³-hybridized carbons (Fsp3) is 0.542. The molecule has 194 valence electrons. The van der Waals surface area contributed by atoms with Crippen molar-refractivity contribution in [3.8, 4) is 0 Å². The minimum Gasteiger partial charge on any atom is -0.344 e. The van der Waals surface area contributed by atoms with Crippen LogP contribution in [0, 0.1) is 5.92 Å². The lowest BCUT2D eigenvalue weighted by molar-refractivity contribution is -0.129. The molecule has 0 spiro atoms. The van der Waals surface area contributed by atoms with Crippen LogP contribution in [0.4, 0.5) is 0 Å². The van der Waals surface area contributed by atoms with Gasteiger partial charge in [0.15, 0.2) is 10.8 Å². The molecule has 0 aromatic carbocycles. The van der Waals surface area contributed by atoms with Gasteiger partial charge in [-0.05, 0) is 44.2 Å². The zero-order valence-electron chi connectivity index (χ0n) is 20.2. The summed E-state index contributed by atoms with van der Waals surface area (Å²) in [5, 5.41) is 11.8. The van der Waals surface area contributed by atoms with Crippen molar-refractivity contribution in [1.29, 1.82) is 0 Å². The van der Waals surface area contributed by atoms with Gasteiger partial charge in [-0.2, -0.15) is 9.40 Å². The predicted octanol–water partition coefficient (Wildman–Crippen LogP) is 1.41. The third kappa shape index (κ3) is 5.98. The first-order chi connectivity index (χ1) is 17.3. The van der Waals surface area contributed by atoms with Gasteiger partial charge in [0.05, 0.1) is 24.3 Å². The van der Waals surface area contributed by atoms with Gasteiger partial charge in [0, 0.05) is 18.4 Å². The highest BCUT2D eigenvalue weighted by molar-refractivity contribution is 7.89. The van der Waals surface area contributed by atoms with Gasteiger partial charge in [0.25, 0.3) is 15.9 Å². The first-order valence-electron chi connectivity index (χ1n) is 12.3. The molecule has 1 aliphatic carbocycles. The highest BCUT2D eigenvalue weighted by Crippen LogP contribution is 2.29. The van der Waals surface area contributed by atoms with Gasteiger partial charge in [0.1, 0.15) is 6.04 Å². The monoisotopic (exact) mass is 516 g/mol. The Kier molecular flexibility index (Phi) is 8.14. The molecule has 2 fully saturated rings. The normalized spacial score (nSPS) is 22.6. The summed E-state index contributed by atoms with van der Waals surface area (Å²) in [4.78, 5) is 43.0. The molecule has 2 aliphatic rings. The molecular formula is C24H32N6O5S. The molecule has 2 aromatic rings. The highest BCUT2D eigenvalue weighted by atomic mass is 32.2. The molecule has 1 saturated heterocycles. The van der Waals surface area contributed by atoms with Gasteiger partial charge in [-0.25, -0.2) is 13.4 Å². The van der Waals surface area contributed by atoms with E-state index in [4.69, 9.17) is 0 Å². The van der Waals surface area contributed by atoms with E-state index in [0.29, 0.717) is 30.7 Å². The Balaban J connectivity index is 1.46. The molecule has 1 aliphatic heterocycles. The number of aromatic nitrogens is 3. The highest BCUT2D eigenvalue weighted by Gasteiger charge is 2.38. The molecular weight excluding hydrogens is 484 g/mol. The summed E-state index contributed by atoms with van der Waals surface area (Å²) in [6, 6.07) is 2.49. The summed E-state index contributed by atoms with van der Waals surface area (Å²) in [5.74, 6) is -0.941. The maximum absolute atomic E-state index is 13.3. The second kappa shape index (κ2) is 11.3. The Bertz CT molecular complexity index is 1160. The number of ketones is 1. The van der Waals surface area contributed by atoms with Crippen molar-refractivity contribution in [1.82, 2.24) is 30.1 Å². The lowest BCUT2D eigenvalue weighted by atomic mass is 9.97. The van der Waals surface area contributed by atoms with Crippen molar-refractivity contribution in [3.63, 3.8) is 0 Å². The number of aromatic amines is 1. The summed E-state index contributed by atoms with van der Waals surface area (Å²) < 4.78 is 27.4. The van der Waals surface area contributed by atoms with Crippen LogP contribution in [0.2, 0.25) is 0 Å². The largest absolute Gasteiger partial charge is 0.344 e. The van der Waals surface area contributed by atoms with Gasteiger partial charge < -0.3 is 10.6 Å². The fourth-order valence-electron chi connectivity index (χ4n) is 4.93. The quantitative estimate of drug-likeness (QED) is 0.479. The van der Waals surface area contributed by atoms with Crippen molar-refractivity contribution >= 4 is 27.6 Å². The van der Waals surface area contributed by atoms with Crippen molar-refractivity contribution in [2.24, 2.45) is 5.92 Å². The zero-order chi connectivity index (χ0) is 25.7. The minimum absolute atomic E-state index is 0.120. The number of rotatable bonds is 8. The van der Waals surface area contributed by atoms with E-state index in [2.05, 4.69) is 25.8 Å². The van der Waals surface area contributed by atoms with Crippen molar-refractivity contribution in [2.45, 2.75) is 75.0 Å². The number of carbonyl (C=O) groups excluding carboxylic acids is 3. The third-order valence-electron chi connectivity index (χ3n) is 7.02. The van der Waals surface area contributed by atoms with E-state index < -0.39 is 45.7 Å². The molecule has 3 N–H and O–H groups in total. The van der Waals surface area contributed by atoms with Crippen LogP contribution in [0.15, 0.2) is 41.8 Å². The number of hydrogen-bond acceptors (Lipinski definition) is 7. The van der Waals surface area contributed by atoms with Crippen LogP contribution in [0.1, 0.15) is 62.2 Å². The molecule has 3 heterocycles. The summed E-state index contributed by atoms with van der Waals surface area (Å²) in [6.45, 7) is 1.38. The minimum atomic E-state index is -3.97. The molecule has 11 nitrogen and oxygen atoms in total. The van der Waals surface area contributed by atoms with Crippen LogP contribution >= 0.6 is 0 Å². The fourth-order valence-corrected chi connectivity index (χ4v) is 6.49. The number of nitrogens with one attached hydrogen (secondary N) is 3. The van der Waals surface area contributed by atoms with Gasteiger partial charge in [-0.1, -0.05) is 31.7 Å². The SMILES string of the molecule is C[C@@H]1CC[C@H](NC(=O)[C@H](CC2CCCC2)NC(=O)c2cn[nH]c2)C(=O)CN1S(=O)(=O)c1ccccn1. The molecule has 4 rings (SSSR count). The number of pyridine rings is 1. The van der Waals surface area contributed by atoms with E-state index in [9.17, 15) is 22.8 Å². The van der Waals surface area contributed by atoms with Crippen molar-refractivity contribution in [3.05, 3.63) is 42.4 Å². The van der Waals surface area contributed by atoms with E-state index >= 15 is 0 Å². The van der Waals surface area contributed by atoms with Crippen molar-refractivity contribution < 1.29 is 22.8 Å². The lowest BCUT2D eigenvalue weighted by Crippen LogP contribution is -2.52. The number of sulfonamides is 1. The number of H-pyrrole nitrogens is 1. The van der Waals surface area contributed by atoms with Crippen LogP contribution in [0.3, 0.4) is 0 Å². The van der Waals surface area contributed by atoms with E-state index in [1.54, 1.807) is 19.1 Å². The van der Waals surface area contributed by atoms with Gasteiger partial charge in [-0.15, -0.1) is 0 Å². The van der Waals surface area contributed by atoms with Crippen LogP contribution in [-0.2, 0) is 19.6 Å². The Morgan fingerprint density at radius 2 is 1.97 bits per heavy atom. The average Bonchev–Trinajstić information content (AvgIpc) is 3.57. The maximum atomic E-state index is 13.3. The first kappa shape index (κ1) is 26.0. The summed E-state index contributed by atoms with van der Waals surface area (Å²) in [5.41, 5.74) is 0.314. The van der Waals surface area contributed by atoms with Crippen LogP contribution < -0.4 is 10.6 Å². The van der Waals surface area contributed by atoms with E-state index in [1.807, 2.05) is 0 Å². The number of amides is 2. The van der Waals surface area contributed by atoms with E-state index in [1.165, 1.54) is 24.7 Å². The summed E-state index contributed by atoms with van der Waals surface area (Å²) >= 11 is 0. The Labute approximate surface area is 210 Å². The Hall–Kier alpha value is -3.12. The smallest absolute Gasteiger partial charge is 0.261 e. The molecule has 0 radical (unpaired) electrons. The van der Waals surface area contributed by atoms with Gasteiger partial charge in [0.2, 0.25) is 5.91 Å². The molecule has 36 heavy (non-hydrogen) atoms. The summed E-state index contributed by atoms with van der Waals surface area (Å²) in [6.07, 6.45) is 9.55. The second-order valence-electron chi connectivity index (χ2n) is 9.57. The third-order valence-corrected chi connectivity index (χ3v) is 8.89. The number of carbonyl (C=O) groups is 3. The first-order valence-corrected chi connectivity index (χ1v) is 13.8. The van der Waals surface area contributed by atoms with Gasteiger partial charge in [-0.3, -0.25) is 19.5 Å². The number of nitrogens with zero attached hydrogens (tertiary/aromatic N) is 3. The van der Waals surface area contributed by atoms with Crippen LogP contribution in [0.25, 0.3) is 0 Å². The maximum Gasteiger partial charge on any atom is 0.261 e. The number of Topliss-reactive ketones (excluding diaryl/α,β-unsaturated/α-hetero) is 1. The predicted molar refractivity (Wildman–Crippen MR) is 130 cm³/mol. The molecule has 2 aromatic heterocycles. The van der Waals surface area contributed by atoms with Crippen LogP contribution in [-0.4, -0.2) is 70.2 Å². The molecule has 0 bridgehead atoms. The molecule has 3 atom stereocenters. The molecule has 1 saturated carbocycles. The van der Waals surface area contributed by atoms with Gasteiger partial charge >= 0.3 is 0 Å². The zero-order valence-corrected chi connectivity index (χ0v) is 21.0. The standard InChI is InChI=1S/C24H32N6O5S/c1-16-9-10-19(21(31)15-30(16)36(34,35)22-8-4-5-11-25-22)28-24(33)20(12-17-6-2-3-7-17)29-23(32)18-13-26-27-14-18/h4-5,8,11,13-14,16-17,19-20H,2-3,6-7,9-10,12,15H2,1H3,(H,26,27)(H,28,33)(H,29,32)/t16-,19+,20+/m1/s1. The molecule has 12 heteroatoms. The van der Waals surface area contributed by atoms with E-state index in [0.717, 1.165) is 30.0 Å². The molecule has 2 amide bonds. The Morgan fingerprint density at radius 1 is 1.19 bits per heavy atom.